The maximum absolute atomic E-state index is 12.3. The van der Waals surface area contributed by atoms with Crippen molar-refractivity contribution in [1.29, 1.82) is 0 Å². The molecule has 0 unspecified atom stereocenters. The van der Waals surface area contributed by atoms with Crippen LogP contribution in [0.2, 0.25) is 0 Å². The second kappa shape index (κ2) is 4.26. The molecule has 2 heterocycles. The summed E-state index contributed by atoms with van der Waals surface area (Å²) in [7, 11) is 0. The first kappa shape index (κ1) is 10.5. The number of imidazole rings is 1. The van der Waals surface area contributed by atoms with Crippen molar-refractivity contribution in [1.82, 2.24) is 14.5 Å². The van der Waals surface area contributed by atoms with Gasteiger partial charge in [0.15, 0.2) is 0 Å². The number of alkyl halides is 2. The zero-order valence-electron chi connectivity index (χ0n) is 8.35. The van der Waals surface area contributed by atoms with Crippen LogP contribution < -0.4 is 5.73 Å². The minimum Gasteiger partial charge on any atom is -0.384 e. The van der Waals surface area contributed by atoms with Crippen molar-refractivity contribution in [2.24, 2.45) is 0 Å². The van der Waals surface area contributed by atoms with Crippen LogP contribution in [-0.4, -0.2) is 21.0 Å². The lowest BCUT2D eigenvalue weighted by Crippen LogP contribution is -2.06. The highest BCUT2D eigenvalue weighted by Crippen LogP contribution is 2.19. The number of nitrogens with two attached hydrogens (primary N) is 1. The van der Waals surface area contributed by atoms with E-state index >= 15 is 0 Å². The SMILES string of the molecule is Nc1ccc(-c2cncn2CC(F)F)cn1. The first-order valence-electron chi connectivity index (χ1n) is 4.67. The van der Waals surface area contributed by atoms with Crippen LogP contribution in [0.5, 0.6) is 0 Å². The Morgan fingerprint density at radius 2 is 2.12 bits per heavy atom. The van der Waals surface area contributed by atoms with Gasteiger partial charge in [-0.3, -0.25) is 0 Å². The number of nitrogens with zero attached hydrogens (tertiary/aromatic N) is 3. The average molecular weight is 224 g/mol. The molecule has 0 aliphatic heterocycles. The van der Waals surface area contributed by atoms with Crippen LogP contribution in [-0.2, 0) is 6.54 Å². The van der Waals surface area contributed by atoms with Gasteiger partial charge in [-0.2, -0.15) is 0 Å². The molecule has 0 radical (unpaired) electrons. The van der Waals surface area contributed by atoms with Crippen molar-refractivity contribution in [2.75, 3.05) is 5.73 Å². The monoisotopic (exact) mass is 224 g/mol. The van der Waals surface area contributed by atoms with Crippen LogP contribution in [0.1, 0.15) is 0 Å². The van der Waals surface area contributed by atoms with Gasteiger partial charge >= 0.3 is 0 Å². The van der Waals surface area contributed by atoms with Crippen molar-refractivity contribution in [3.63, 3.8) is 0 Å². The number of rotatable bonds is 3. The van der Waals surface area contributed by atoms with E-state index in [2.05, 4.69) is 9.97 Å². The zero-order chi connectivity index (χ0) is 11.5. The third kappa shape index (κ3) is 2.16. The average Bonchev–Trinajstić information content (AvgIpc) is 2.66. The maximum Gasteiger partial charge on any atom is 0.256 e. The van der Waals surface area contributed by atoms with Gasteiger partial charge in [-0.15, -0.1) is 0 Å². The summed E-state index contributed by atoms with van der Waals surface area (Å²) in [5, 5.41) is 0. The van der Waals surface area contributed by atoms with Gasteiger partial charge in [-0.25, -0.2) is 18.7 Å². The Bertz CT molecular complexity index is 464. The van der Waals surface area contributed by atoms with Crippen molar-refractivity contribution in [2.45, 2.75) is 13.0 Å². The Hall–Kier alpha value is -1.98. The second-order valence-corrected chi connectivity index (χ2v) is 3.29. The number of halogens is 2. The highest BCUT2D eigenvalue weighted by Gasteiger charge is 2.09. The van der Waals surface area contributed by atoms with Gasteiger partial charge < -0.3 is 10.3 Å². The molecular formula is C10H10F2N4. The second-order valence-electron chi connectivity index (χ2n) is 3.29. The van der Waals surface area contributed by atoms with Gasteiger partial charge in [0, 0.05) is 11.8 Å². The topological polar surface area (TPSA) is 56.7 Å². The van der Waals surface area contributed by atoms with Crippen molar-refractivity contribution < 1.29 is 8.78 Å². The van der Waals surface area contributed by atoms with Gasteiger partial charge in [-0.05, 0) is 12.1 Å². The van der Waals surface area contributed by atoms with Crippen molar-refractivity contribution >= 4 is 5.82 Å². The molecular weight excluding hydrogens is 214 g/mol. The van der Waals surface area contributed by atoms with E-state index < -0.39 is 6.43 Å². The summed E-state index contributed by atoms with van der Waals surface area (Å²) < 4.78 is 25.9. The number of anilines is 1. The number of aromatic nitrogens is 3. The van der Waals surface area contributed by atoms with Crippen molar-refractivity contribution in [3.05, 3.63) is 30.9 Å². The molecule has 2 aromatic heterocycles. The zero-order valence-corrected chi connectivity index (χ0v) is 8.35. The predicted molar refractivity (Wildman–Crippen MR) is 55.9 cm³/mol. The standard InChI is InChI=1S/C10H10F2N4/c11-9(12)5-16-6-14-4-8(16)7-1-2-10(13)15-3-7/h1-4,6,9H,5H2,(H2,13,15). The third-order valence-electron chi connectivity index (χ3n) is 2.13. The van der Waals surface area contributed by atoms with E-state index in [9.17, 15) is 8.78 Å². The summed E-state index contributed by atoms with van der Waals surface area (Å²) in [4.78, 5) is 7.75. The van der Waals surface area contributed by atoms with E-state index in [4.69, 9.17) is 5.73 Å². The minimum absolute atomic E-state index is 0.375. The Balaban J connectivity index is 2.33. The molecule has 2 rings (SSSR count). The lowest BCUT2D eigenvalue weighted by Gasteiger charge is -2.07. The van der Waals surface area contributed by atoms with Gasteiger partial charge in [0.25, 0.3) is 6.43 Å². The van der Waals surface area contributed by atoms with E-state index in [0.717, 1.165) is 0 Å². The Labute approximate surface area is 90.7 Å². The predicted octanol–water partition coefficient (Wildman–Crippen LogP) is 1.79. The molecule has 2 aromatic rings. The normalized spacial score (nSPS) is 10.9. The molecule has 84 valence electrons. The molecule has 0 saturated carbocycles. The number of hydrogen-bond acceptors (Lipinski definition) is 3. The summed E-state index contributed by atoms with van der Waals surface area (Å²) in [6, 6.07) is 3.34. The largest absolute Gasteiger partial charge is 0.384 e. The van der Waals surface area contributed by atoms with Gasteiger partial charge in [0.1, 0.15) is 5.82 Å². The molecule has 0 spiro atoms. The minimum atomic E-state index is -2.41. The number of nitrogen functional groups attached to an aromatic ring is 1. The smallest absolute Gasteiger partial charge is 0.256 e. The molecule has 4 nitrogen and oxygen atoms in total. The molecule has 16 heavy (non-hydrogen) atoms. The molecule has 0 aromatic carbocycles. The fourth-order valence-electron chi connectivity index (χ4n) is 1.41. The summed E-state index contributed by atoms with van der Waals surface area (Å²) in [6.45, 7) is -0.375. The van der Waals surface area contributed by atoms with E-state index in [1.165, 1.54) is 23.3 Å². The third-order valence-corrected chi connectivity index (χ3v) is 2.13. The van der Waals surface area contributed by atoms with E-state index in [1.807, 2.05) is 0 Å². The van der Waals surface area contributed by atoms with Crippen LogP contribution in [0.3, 0.4) is 0 Å². The summed E-state index contributed by atoms with van der Waals surface area (Å²) >= 11 is 0. The fourth-order valence-corrected chi connectivity index (χ4v) is 1.41. The lowest BCUT2D eigenvalue weighted by molar-refractivity contribution is 0.127. The van der Waals surface area contributed by atoms with Crippen LogP contribution in [0.4, 0.5) is 14.6 Å². The highest BCUT2D eigenvalue weighted by atomic mass is 19.3. The Morgan fingerprint density at radius 1 is 1.31 bits per heavy atom. The summed E-state index contributed by atoms with van der Waals surface area (Å²) in [5.74, 6) is 0.392. The molecule has 0 amide bonds. The van der Waals surface area contributed by atoms with Gasteiger partial charge in [-0.1, -0.05) is 0 Å². The van der Waals surface area contributed by atoms with Crippen LogP contribution >= 0.6 is 0 Å². The molecule has 0 atom stereocenters. The maximum atomic E-state index is 12.3. The molecule has 2 N–H and O–H groups in total. The first-order valence-corrected chi connectivity index (χ1v) is 4.67. The molecule has 0 saturated heterocycles. The van der Waals surface area contributed by atoms with Crippen LogP contribution in [0, 0.1) is 0 Å². The summed E-state index contributed by atoms with van der Waals surface area (Å²) in [6.07, 6.45) is 2.02. The Kier molecular flexibility index (Phi) is 2.80. The molecule has 6 heteroatoms. The van der Waals surface area contributed by atoms with Gasteiger partial charge in [0.05, 0.1) is 24.8 Å². The van der Waals surface area contributed by atoms with E-state index in [-0.39, 0.29) is 6.54 Å². The first-order chi connectivity index (χ1) is 7.66. The van der Waals surface area contributed by atoms with E-state index in [0.29, 0.717) is 17.1 Å². The van der Waals surface area contributed by atoms with Crippen LogP contribution in [0.15, 0.2) is 30.9 Å². The highest BCUT2D eigenvalue weighted by molar-refractivity contribution is 5.59. The molecule has 0 aliphatic carbocycles. The number of hydrogen-bond donors (Lipinski definition) is 1. The molecule has 0 fully saturated rings. The fraction of sp³-hybridized carbons (Fsp3) is 0.200. The van der Waals surface area contributed by atoms with Crippen molar-refractivity contribution in [3.8, 4) is 11.3 Å². The lowest BCUT2D eigenvalue weighted by atomic mass is 10.2. The molecule has 0 aliphatic rings. The quantitative estimate of drug-likeness (QED) is 0.864. The Morgan fingerprint density at radius 3 is 2.75 bits per heavy atom. The van der Waals surface area contributed by atoms with Gasteiger partial charge in [0.2, 0.25) is 0 Å². The number of pyridine rings is 1. The van der Waals surface area contributed by atoms with Crippen LogP contribution in [0.25, 0.3) is 11.3 Å². The molecule has 0 bridgehead atoms. The summed E-state index contributed by atoms with van der Waals surface area (Å²) in [5.41, 5.74) is 6.76. The van der Waals surface area contributed by atoms with E-state index in [1.54, 1.807) is 12.1 Å².